The van der Waals surface area contributed by atoms with E-state index in [0.717, 1.165) is 46.1 Å². The lowest BCUT2D eigenvalue weighted by Crippen LogP contribution is -1.99. The molecule has 0 saturated carbocycles. The quantitative estimate of drug-likeness (QED) is 0.260. The largest absolute Gasteiger partial charge is 0.493 e. The highest BCUT2D eigenvalue weighted by molar-refractivity contribution is 5.89. The van der Waals surface area contributed by atoms with Gasteiger partial charge in [-0.05, 0) is 64.7 Å². The van der Waals surface area contributed by atoms with Gasteiger partial charge in [-0.3, -0.25) is 4.98 Å². The monoisotopic (exact) mass is 464 g/mol. The van der Waals surface area contributed by atoms with Crippen LogP contribution in [0.25, 0.3) is 21.7 Å². The number of aromatic nitrogens is 1. The number of hydrogen-bond donors (Lipinski definition) is 1. The Labute approximate surface area is 205 Å². The number of nitrogens with zero attached hydrogens (tertiary/aromatic N) is 1. The predicted molar refractivity (Wildman–Crippen MR) is 142 cm³/mol. The Morgan fingerprint density at radius 2 is 1.43 bits per heavy atom. The van der Waals surface area contributed by atoms with E-state index >= 15 is 0 Å². The lowest BCUT2D eigenvalue weighted by atomic mass is 10.1. The number of pyridine rings is 1. The van der Waals surface area contributed by atoms with Crippen molar-refractivity contribution in [1.29, 1.82) is 0 Å². The number of rotatable bonds is 8. The van der Waals surface area contributed by atoms with Gasteiger partial charge in [-0.25, -0.2) is 0 Å². The lowest BCUT2D eigenvalue weighted by Gasteiger charge is -2.13. The normalized spacial score (nSPS) is 10.9. The molecule has 0 radical (unpaired) electrons. The van der Waals surface area contributed by atoms with Gasteiger partial charge < -0.3 is 19.5 Å². The minimum absolute atomic E-state index is 0.637. The Bertz CT molecular complexity index is 1480. The number of fused-ring (bicyclic) bond motifs is 2. The molecule has 5 rings (SSSR count). The van der Waals surface area contributed by atoms with Gasteiger partial charge in [0.25, 0.3) is 0 Å². The van der Waals surface area contributed by atoms with Crippen LogP contribution in [0, 0.1) is 0 Å². The topological polar surface area (TPSA) is 52.6 Å². The second-order valence-corrected chi connectivity index (χ2v) is 8.38. The molecule has 5 heteroatoms. The van der Waals surface area contributed by atoms with Gasteiger partial charge in [0.15, 0.2) is 11.5 Å². The highest BCUT2D eigenvalue weighted by Crippen LogP contribution is 2.37. The molecule has 0 aliphatic rings. The summed E-state index contributed by atoms with van der Waals surface area (Å²) < 4.78 is 17.1. The molecule has 0 saturated heterocycles. The number of methoxy groups -OCH3 is 2. The molecular weight excluding hydrogens is 436 g/mol. The van der Waals surface area contributed by atoms with Crippen LogP contribution in [0.4, 0.5) is 5.69 Å². The second kappa shape index (κ2) is 9.94. The van der Waals surface area contributed by atoms with E-state index in [0.29, 0.717) is 17.2 Å². The van der Waals surface area contributed by atoms with Crippen LogP contribution in [0.15, 0.2) is 85.1 Å². The highest BCUT2D eigenvalue weighted by Gasteiger charge is 2.11. The Morgan fingerprint density at radius 3 is 2.20 bits per heavy atom. The van der Waals surface area contributed by atoms with Crippen molar-refractivity contribution in [2.24, 2.45) is 0 Å². The van der Waals surface area contributed by atoms with Crippen molar-refractivity contribution in [3.63, 3.8) is 0 Å². The molecule has 0 atom stereocenters. The van der Waals surface area contributed by atoms with E-state index in [4.69, 9.17) is 14.2 Å². The van der Waals surface area contributed by atoms with Crippen molar-refractivity contribution in [1.82, 2.24) is 4.98 Å². The summed E-state index contributed by atoms with van der Waals surface area (Å²) in [6, 6.07) is 26.9. The first-order valence-electron chi connectivity index (χ1n) is 11.7. The maximum Gasteiger partial charge on any atom is 0.162 e. The summed E-state index contributed by atoms with van der Waals surface area (Å²) in [4.78, 5) is 4.45. The van der Waals surface area contributed by atoms with Crippen LogP contribution in [0.3, 0.4) is 0 Å². The standard InChI is InChI=1S/C30H28N2O3/c1-4-20-5-7-21(8-6-20)19-32-24-11-9-23-16-25(12-10-22(23)15-24)35-28-13-14-31-27-18-30(34-3)29(33-2)17-26(27)28/h5-18,32H,4,19H2,1-3H3. The molecule has 0 amide bonds. The fourth-order valence-corrected chi connectivity index (χ4v) is 4.16. The van der Waals surface area contributed by atoms with Crippen LogP contribution >= 0.6 is 0 Å². The van der Waals surface area contributed by atoms with E-state index in [9.17, 15) is 0 Å². The van der Waals surface area contributed by atoms with E-state index in [2.05, 4.69) is 71.8 Å². The van der Waals surface area contributed by atoms with Crippen LogP contribution in [0.5, 0.6) is 23.0 Å². The average molecular weight is 465 g/mol. The second-order valence-electron chi connectivity index (χ2n) is 8.38. The Kier molecular flexibility index (Phi) is 6.40. The fraction of sp³-hybridized carbons (Fsp3) is 0.167. The first kappa shape index (κ1) is 22.5. The van der Waals surface area contributed by atoms with E-state index < -0.39 is 0 Å². The van der Waals surface area contributed by atoms with Crippen molar-refractivity contribution < 1.29 is 14.2 Å². The van der Waals surface area contributed by atoms with Gasteiger partial charge in [0.1, 0.15) is 11.5 Å². The minimum Gasteiger partial charge on any atom is -0.493 e. The van der Waals surface area contributed by atoms with Crippen molar-refractivity contribution in [3.8, 4) is 23.0 Å². The van der Waals surface area contributed by atoms with E-state index in [1.54, 1.807) is 20.4 Å². The van der Waals surface area contributed by atoms with Crippen molar-refractivity contribution in [2.45, 2.75) is 19.9 Å². The number of aryl methyl sites for hydroxylation is 1. The van der Waals surface area contributed by atoms with Gasteiger partial charge >= 0.3 is 0 Å². The van der Waals surface area contributed by atoms with E-state index in [-0.39, 0.29) is 0 Å². The molecular formula is C30H28N2O3. The van der Waals surface area contributed by atoms with Crippen LogP contribution in [-0.4, -0.2) is 19.2 Å². The first-order chi connectivity index (χ1) is 17.2. The van der Waals surface area contributed by atoms with Crippen LogP contribution in [-0.2, 0) is 13.0 Å². The van der Waals surface area contributed by atoms with E-state index in [1.165, 1.54) is 11.1 Å². The summed E-state index contributed by atoms with van der Waals surface area (Å²) >= 11 is 0. The number of nitrogens with one attached hydrogen (secondary N) is 1. The molecule has 5 aromatic rings. The summed E-state index contributed by atoms with van der Waals surface area (Å²) in [6.07, 6.45) is 2.79. The first-order valence-corrected chi connectivity index (χ1v) is 11.7. The summed E-state index contributed by atoms with van der Waals surface area (Å²) in [5, 5.41) is 6.64. The number of benzene rings is 4. The summed E-state index contributed by atoms with van der Waals surface area (Å²) in [5.41, 5.74) is 4.49. The van der Waals surface area contributed by atoms with Gasteiger partial charge in [-0.15, -0.1) is 0 Å². The summed E-state index contributed by atoms with van der Waals surface area (Å²) in [7, 11) is 3.23. The van der Waals surface area contributed by atoms with Gasteiger partial charge in [-0.2, -0.15) is 0 Å². The van der Waals surface area contributed by atoms with Crippen molar-refractivity contribution >= 4 is 27.4 Å². The highest BCUT2D eigenvalue weighted by atomic mass is 16.5. The maximum absolute atomic E-state index is 6.28. The molecule has 35 heavy (non-hydrogen) atoms. The Balaban J connectivity index is 1.36. The molecule has 0 aliphatic heterocycles. The summed E-state index contributed by atoms with van der Waals surface area (Å²) in [5.74, 6) is 2.75. The van der Waals surface area contributed by atoms with Gasteiger partial charge in [0.05, 0.1) is 19.7 Å². The zero-order valence-corrected chi connectivity index (χ0v) is 20.2. The Morgan fingerprint density at radius 1 is 0.714 bits per heavy atom. The van der Waals surface area contributed by atoms with Gasteiger partial charge in [-0.1, -0.05) is 43.3 Å². The molecule has 0 bridgehead atoms. The van der Waals surface area contributed by atoms with Crippen LogP contribution in [0.2, 0.25) is 0 Å². The molecule has 1 aromatic heterocycles. The van der Waals surface area contributed by atoms with Crippen molar-refractivity contribution in [2.75, 3.05) is 19.5 Å². The minimum atomic E-state index is 0.637. The average Bonchev–Trinajstić information content (AvgIpc) is 2.91. The molecule has 4 aromatic carbocycles. The molecule has 0 unspecified atom stereocenters. The van der Waals surface area contributed by atoms with Gasteiger partial charge in [0.2, 0.25) is 0 Å². The third-order valence-electron chi connectivity index (χ3n) is 6.17. The van der Waals surface area contributed by atoms with Crippen LogP contribution in [0.1, 0.15) is 18.1 Å². The van der Waals surface area contributed by atoms with Crippen molar-refractivity contribution in [3.05, 3.63) is 96.2 Å². The van der Waals surface area contributed by atoms with E-state index in [1.807, 2.05) is 24.3 Å². The number of hydrogen-bond acceptors (Lipinski definition) is 5. The summed E-state index contributed by atoms with van der Waals surface area (Å²) in [6.45, 7) is 2.96. The smallest absolute Gasteiger partial charge is 0.162 e. The SMILES string of the molecule is CCc1ccc(CNc2ccc3cc(Oc4ccnc5cc(OC)c(OC)cc45)ccc3c2)cc1. The molecule has 1 heterocycles. The van der Waals surface area contributed by atoms with Crippen LogP contribution < -0.4 is 19.5 Å². The third kappa shape index (κ3) is 4.85. The molecule has 0 fully saturated rings. The zero-order chi connectivity index (χ0) is 24.2. The third-order valence-corrected chi connectivity index (χ3v) is 6.17. The molecule has 176 valence electrons. The molecule has 0 spiro atoms. The molecule has 0 aliphatic carbocycles. The lowest BCUT2D eigenvalue weighted by molar-refractivity contribution is 0.355. The fourth-order valence-electron chi connectivity index (χ4n) is 4.16. The Hall–Kier alpha value is -4.25. The predicted octanol–water partition coefficient (Wildman–Crippen LogP) is 7.37. The number of ether oxygens (including phenoxy) is 3. The van der Waals surface area contributed by atoms with Gasteiger partial charge in [0, 0.05) is 29.9 Å². The molecule has 1 N–H and O–H groups in total. The number of anilines is 1. The molecule has 5 nitrogen and oxygen atoms in total. The maximum atomic E-state index is 6.28. The zero-order valence-electron chi connectivity index (χ0n) is 20.2.